The van der Waals surface area contributed by atoms with Gasteiger partial charge in [0.1, 0.15) is 0 Å². The maximum Gasteiger partial charge on any atom is 0.310 e. The Bertz CT molecular complexity index is 1100. The zero-order chi connectivity index (χ0) is 22.7. The lowest BCUT2D eigenvalue weighted by Crippen LogP contribution is -2.42. The third-order valence-corrected chi connectivity index (χ3v) is 6.73. The van der Waals surface area contributed by atoms with Gasteiger partial charge in [0.05, 0.1) is 23.1 Å². The lowest BCUT2D eigenvalue weighted by Gasteiger charge is -2.32. The van der Waals surface area contributed by atoms with Gasteiger partial charge in [-0.3, -0.25) is 14.4 Å². The highest BCUT2D eigenvalue weighted by molar-refractivity contribution is 8.04. The number of hydrogen-bond acceptors (Lipinski definition) is 5. The van der Waals surface area contributed by atoms with E-state index in [0.29, 0.717) is 40.9 Å². The predicted molar refractivity (Wildman–Crippen MR) is 126 cm³/mol. The van der Waals surface area contributed by atoms with Crippen molar-refractivity contribution in [3.63, 3.8) is 0 Å². The van der Waals surface area contributed by atoms with E-state index in [-0.39, 0.29) is 23.7 Å². The second-order valence-corrected chi connectivity index (χ2v) is 9.19. The molecular formula is C24H23ClN2O4S. The maximum absolute atomic E-state index is 13.1. The number of benzene rings is 2. The Morgan fingerprint density at radius 3 is 2.91 bits per heavy atom. The van der Waals surface area contributed by atoms with Crippen molar-refractivity contribution in [2.24, 2.45) is 5.92 Å². The van der Waals surface area contributed by atoms with E-state index < -0.39 is 0 Å². The number of likely N-dealkylation sites (tertiary alicyclic amines) is 1. The molecule has 2 aliphatic rings. The monoisotopic (exact) mass is 470 g/mol. The molecule has 1 fully saturated rings. The van der Waals surface area contributed by atoms with Crippen molar-refractivity contribution in [3.8, 4) is 0 Å². The fraction of sp³-hybridized carbons (Fsp3) is 0.292. The van der Waals surface area contributed by atoms with Crippen LogP contribution in [0.25, 0.3) is 6.08 Å². The number of carbonyl (C=O) groups excluding carboxylic acids is 3. The molecule has 0 bridgehead atoms. The highest BCUT2D eigenvalue weighted by Gasteiger charge is 2.30. The van der Waals surface area contributed by atoms with Crippen molar-refractivity contribution in [2.75, 3.05) is 25.0 Å². The minimum Gasteiger partial charge on any atom is -0.466 e. The molecule has 1 unspecified atom stereocenters. The van der Waals surface area contributed by atoms with Crippen molar-refractivity contribution in [2.45, 2.75) is 24.7 Å². The summed E-state index contributed by atoms with van der Waals surface area (Å²) in [5, 5.41) is 3.48. The maximum atomic E-state index is 13.1. The summed E-state index contributed by atoms with van der Waals surface area (Å²) in [5.74, 6) is -0.924. The standard InChI is InChI=1S/C24H23ClN2O4S/c1-2-31-24(30)17-6-4-10-27(14-17)23(29)16-8-9-20-19(13-16)26-22(28)21(32-20)12-15-5-3-7-18(25)11-15/h3,5,7-9,11-13,17H,2,4,6,10,14H2,1H3,(H,26,28)/b21-12+. The van der Waals surface area contributed by atoms with Crippen molar-refractivity contribution >= 4 is 52.9 Å². The second-order valence-electron chi connectivity index (χ2n) is 7.67. The quantitative estimate of drug-likeness (QED) is 0.511. The summed E-state index contributed by atoms with van der Waals surface area (Å²) in [7, 11) is 0. The average molecular weight is 471 g/mol. The Balaban J connectivity index is 1.50. The van der Waals surface area contributed by atoms with Crippen LogP contribution in [0, 0.1) is 5.92 Å². The van der Waals surface area contributed by atoms with Crippen LogP contribution >= 0.6 is 23.4 Å². The zero-order valence-electron chi connectivity index (χ0n) is 17.6. The number of esters is 1. The Labute approximate surface area is 196 Å². The number of thioether (sulfide) groups is 1. The average Bonchev–Trinajstić information content (AvgIpc) is 2.79. The van der Waals surface area contributed by atoms with Crippen LogP contribution in [0.5, 0.6) is 0 Å². The van der Waals surface area contributed by atoms with Gasteiger partial charge in [0.25, 0.3) is 11.8 Å². The third kappa shape index (κ3) is 5.00. The van der Waals surface area contributed by atoms with E-state index in [1.54, 1.807) is 42.2 Å². The lowest BCUT2D eigenvalue weighted by atomic mass is 9.97. The second kappa shape index (κ2) is 9.79. The van der Waals surface area contributed by atoms with Crippen LogP contribution in [-0.2, 0) is 14.3 Å². The van der Waals surface area contributed by atoms with Gasteiger partial charge in [0.15, 0.2) is 0 Å². The molecular weight excluding hydrogens is 448 g/mol. The van der Waals surface area contributed by atoms with Crippen molar-refractivity contribution in [3.05, 3.63) is 63.5 Å². The lowest BCUT2D eigenvalue weighted by molar-refractivity contribution is -0.149. The Morgan fingerprint density at radius 2 is 2.12 bits per heavy atom. The first-order valence-corrected chi connectivity index (χ1v) is 11.7. The molecule has 1 saturated heterocycles. The fourth-order valence-corrected chi connectivity index (χ4v) is 4.97. The molecule has 2 aromatic carbocycles. The SMILES string of the molecule is CCOC(=O)C1CCCN(C(=O)c2ccc3c(c2)NC(=O)/C(=C\c2cccc(Cl)c2)S3)C1. The molecule has 1 atom stereocenters. The first kappa shape index (κ1) is 22.4. The molecule has 2 heterocycles. The number of ether oxygens (including phenoxy) is 1. The van der Waals surface area contributed by atoms with Gasteiger partial charge in [-0.1, -0.05) is 35.5 Å². The number of carbonyl (C=O) groups is 3. The molecule has 0 radical (unpaired) electrons. The van der Waals surface area contributed by atoms with Gasteiger partial charge in [-0.25, -0.2) is 0 Å². The number of nitrogens with one attached hydrogen (secondary N) is 1. The molecule has 2 amide bonds. The Kier molecular flexibility index (Phi) is 6.86. The number of anilines is 1. The van der Waals surface area contributed by atoms with Crippen LogP contribution in [0.2, 0.25) is 5.02 Å². The van der Waals surface area contributed by atoms with Gasteiger partial charge in [0, 0.05) is 28.6 Å². The van der Waals surface area contributed by atoms with Gasteiger partial charge in [-0.05, 0) is 61.7 Å². The molecule has 0 aromatic heterocycles. The Morgan fingerprint density at radius 1 is 1.28 bits per heavy atom. The van der Waals surface area contributed by atoms with Gasteiger partial charge in [-0.15, -0.1) is 0 Å². The van der Waals surface area contributed by atoms with Gasteiger partial charge < -0.3 is 15.0 Å². The highest BCUT2D eigenvalue weighted by Crippen LogP contribution is 2.39. The largest absolute Gasteiger partial charge is 0.466 e. The summed E-state index contributed by atoms with van der Waals surface area (Å²) in [4.78, 5) is 40.9. The normalized spacial score (nSPS) is 19.3. The molecule has 166 valence electrons. The molecule has 2 aliphatic heterocycles. The van der Waals surface area contributed by atoms with Gasteiger partial charge in [-0.2, -0.15) is 0 Å². The summed E-state index contributed by atoms with van der Waals surface area (Å²) in [5.41, 5.74) is 1.93. The summed E-state index contributed by atoms with van der Waals surface area (Å²) in [6.45, 7) is 3.06. The van der Waals surface area contributed by atoms with Crippen molar-refractivity contribution in [1.29, 1.82) is 0 Å². The number of fused-ring (bicyclic) bond motifs is 1. The van der Waals surface area contributed by atoms with E-state index in [1.165, 1.54) is 11.8 Å². The number of hydrogen-bond donors (Lipinski definition) is 1. The molecule has 4 rings (SSSR count). The summed E-state index contributed by atoms with van der Waals surface area (Å²) >= 11 is 7.39. The first-order chi connectivity index (χ1) is 15.4. The summed E-state index contributed by atoms with van der Waals surface area (Å²) in [6.07, 6.45) is 3.27. The van der Waals surface area contributed by atoms with Crippen LogP contribution in [0.3, 0.4) is 0 Å². The topological polar surface area (TPSA) is 75.7 Å². The number of rotatable bonds is 4. The third-order valence-electron chi connectivity index (χ3n) is 5.39. The minimum atomic E-state index is -0.292. The molecule has 32 heavy (non-hydrogen) atoms. The number of piperidine rings is 1. The van der Waals surface area contributed by atoms with Crippen LogP contribution in [0.1, 0.15) is 35.7 Å². The predicted octanol–water partition coefficient (Wildman–Crippen LogP) is 4.84. The van der Waals surface area contributed by atoms with Crippen LogP contribution in [0.4, 0.5) is 5.69 Å². The fourth-order valence-electron chi connectivity index (χ4n) is 3.84. The van der Waals surface area contributed by atoms with E-state index in [4.69, 9.17) is 16.3 Å². The number of nitrogens with zero attached hydrogens (tertiary/aromatic N) is 1. The highest BCUT2D eigenvalue weighted by atomic mass is 35.5. The van der Waals surface area contributed by atoms with Crippen molar-refractivity contribution in [1.82, 2.24) is 4.90 Å². The van der Waals surface area contributed by atoms with Gasteiger partial charge >= 0.3 is 5.97 Å². The molecule has 0 saturated carbocycles. The number of amides is 2. The van der Waals surface area contributed by atoms with E-state index in [1.807, 2.05) is 18.2 Å². The molecule has 0 spiro atoms. The molecule has 8 heteroatoms. The summed E-state index contributed by atoms with van der Waals surface area (Å²) in [6, 6.07) is 12.6. The molecule has 6 nitrogen and oxygen atoms in total. The smallest absolute Gasteiger partial charge is 0.310 e. The molecule has 2 aromatic rings. The zero-order valence-corrected chi connectivity index (χ0v) is 19.2. The van der Waals surface area contributed by atoms with E-state index in [9.17, 15) is 14.4 Å². The Hall–Kier alpha value is -2.77. The van der Waals surface area contributed by atoms with Crippen LogP contribution < -0.4 is 5.32 Å². The van der Waals surface area contributed by atoms with Crippen LogP contribution in [0.15, 0.2) is 52.3 Å². The van der Waals surface area contributed by atoms with E-state index >= 15 is 0 Å². The van der Waals surface area contributed by atoms with E-state index in [2.05, 4.69) is 5.32 Å². The molecule has 1 N–H and O–H groups in total. The number of halogens is 1. The van der Waals surface area contributed by atoms with E-state index in [0.717, 1.165) is 23.3 Å². The van der Waals surface area contributed by atoms with Crippen molar-refractivity contribution < 1.29 is 19.1 Å². The minimum absolute atomic E-state index is 0.152. The summed E-state index contributed by atoms with van der Waals surface area (Å²) < 4.78 is 5.12. The first-order valence-electron chi connectivity index (χ1n) is 10.5. The molecule has 0 aliphatic carbocycles. The van der Waals surface area contributed by atoms with Crippen LogP contribution in [-0.4, -0.2) is 42.4 Å². The van der Waals surface area contributed by atoms with Gasteiger partial charge in [0.2, 0.25) is 0 Å².